The van der Waals surface area contributed by atoms with Gasteiger partial charge in [0.15, 0.2) is 0 Å². The fourth-order valence-electron chi connectivity index (χ4n) is 2.09. The molecular formula is C16H18N2O2. The summed E-state index contributed by atoms with van der Waals surface area (Å²) >= 11 is 0. The molecule has 0 unspecified atom stereocenters. The maximum absolute atomic E-state index is 11.9. The van der Waals surface area contributed by atoms with Gasteiger partial charge < -0.3 is 10.1 Å². The zero-order valence-electron chi connectivity index (χ0n) is 11.6. The van der Waals surface area contributed by atoms with Crippen molar-refractivity contribution in [1.29, 1.82) is 5.26 Å². The first-order valence-corrected chi connectivity index (χ1v) is 6.77. The van der Waals surface area contributed by atoms with Gasteiger partial charge in [-0.15, -0.1) is 0 Å². The molecule has 0 spiro atoms. The van der Waals surface area contributed by atoms with Gasteiger partial charge in [0.1, 0.15) is 11.6 Å². The number of benzene rings is 1. The van der Waals surface area contributed by atoms with Crippen molar-refractivity contribution in [2.45, 2.75) is 25.9 Å². The molecule has 0 radical (unpaired) electrons. The highest BCUT2D eigenvalue weighted by molar-refractivity contribution is 6.01. The van der Waals surface area contributed by atoms with Gasteiger partial charge in [0.25, 0.3) is 5.91 Å². The highest BCUT2D eigenvalue weighted by atomic mass is 16.5. The quantitative estimate of drug-likeness (QED) is 0.674. The number of carbonyl (C=O) groups excluding carboxylic acids is 1. The number of carbonyl (C=O) groups is 1. The highest BCUT2D eigenvalue weighted by Gasteiger charge is 2.17. The lowest BCUT2D eigenvalue weighted by atomic mass is 10.1. The van der Waals surface area contributed by atoms with Gasteiger partial charge in [0.2, 0.25) is 0 Å². The zero-order chi connectivity index (χ0) is 14.4. The van der Waals surface area contributed by atoms with Gasteiger partial charge in [-0.1, -0.05) is 29.8 Å². The Morgan fingerprint density at radius 3 is 2.85 bits per heavy atom. The molecule has 1 heterocycles. The molecule has 1 N–H and O–H groups in total. The number of hydrogen-bond donors (Lipinski definition) is 1. The smallest absolute Gasteiger partial charge is 0.262 e. The van der Waals surface area contributed by atoms with Gasteiger partial charge >= 0.3 is 0 Å². The molecule has 104 valence electrons. The molecule has 1 aliphatic rings. The third-order valence-corrected chi connectivity index (χ3v) is 3.27. The predicted molar refractivity (Wildman–Crippen MR) is 76.8 cm³/mol. The van der Waals surface area contributed by atoms with Crippen LogP contribution in [0.3, 0.4) is 0 Å². The van der Waals surface area contributed by atoms with Crippen LogP contribution in [0.5, 0.6) is 0 Å². The topological polar surface area (TPSA) is 62.1 Å². The van der Waals surface area contributed by atoms with Crippen molar-refractivity contribution in [2.24, 2.45) is 0 Å². The van der Waals surface area contributed by atoms with Crippen molar-refractivity contribution >= 4 is 12.0 Å². The van der Waals surface area contributed by atoms with Crippen molar-refractivity contribution in [3.05, 3.63) is 41.0 Å². The van der Waals surface area contributed by atoms with Crippen molar-refractivity contribution in [1.82, 2.24) is 5.32 Å². The summed E-state index contributed by atoms with van der Waals surface area (Å²) < 4.78 is 5.43. The highest BCUT2D eigenvalue weighted by Crippen LogP contribution is 2.11. The Bertz CT molecular complexity index is 535. The van der Waals surface area contributed by atoms with Crippen LogP contribution in [0.1, 0.15) is 24.0 Å². The van der Waals surface area contributed by atoms with Gasteiger partial charge in [-0.3, -0.25) is 4.79 Å². The van der Waals surface area contributed by atoms with Gasteiger partial charge in [-0.25, -0.2) is 0 Å². The number of nitrogens with zero attached hydrogens (tertiary/aromatic N) is 1. The third-order valence-electron chi connectivity index (χ3n) is 3.27. The molecule has 1 aliphatic heterocycles. The van der Waals surface area contributed by atoms with Crippen LogP contribution in [-0.4, -0.2) is 25.2 Å². The lowest BCUT2D eigenvalue weighted by Gasteiger charge is -2.10. The molecule has 4 nitrogen and oxygen atoms in total. The maximum Gasteiger partial charge on any atom is 0.262 e. The molecule has 4 heteroatoms. The van der Waals surface area contributed by atoms with Crippen LogP contribution in [0.2, 0.25) is 0 Å². The Kier molecular flexibility index (Phi) is 4.91. The van der Waals surface area contributed by atoms with Crippen molar-refractivity contribution in [3.63, 3.8) is 0 Å². The molecule has 0 aromatic heterocycles. The lowest BCUT2D eigenvalue weighted by Crippen LogP contribution is -2.32. The summed E-state index contributed by atoms with van der Waals surface area (Å²) in [6.07, 6.45) is 3.68. The van der Waals surface area contributed by atoms with Crippen LogP contribution in [0.4, 0.5) is 0 Å². The Balaban J connectivity index is 1.97. The maximum atomic E-state index is 11.9. The summed E-state index contributed by atoms with van der Waals surface area (Å²) in [5.74, 6) is -0.344. The molecule has 2 rings (SSSR count). The molecule has 1 aromatic rings. The van der Waals surface area contributed by atoms with Crippen LogP contribution < -0.4 is 5.32 Å². The summed E-state index contributed by atoms with van der Waals surface area (Å²) in [6, 6.07) is 9.63. The number of nitrogens with one attached hydrogen (secondary N) is 1. The standard InChI is InChI=1S/C16H18N2O2/c1-12-4-6-13(7-5-12)9-14(10-17)16(19)18-11-15-3-2-8-20-15/h4-7,9,15H,2-3,8,11H2,1H3,(H,18,19)/b14-9-/t15-/m1/s1. The Hall–Kier alpha value is -2.12. The van der Waals surface area contributed by atoms with Gasteiger partial charge in [0, 0.05) is 13.2 Å². The van der Waals surface area contributed by atoms with Crippen LogP contribution >= 0.6 is 0 Å². The SMILES string of the molecule is Cc1ccc(/C=C(/C#N)C(=O)NC[C@H]2CCCO2)cc1. The van der Waals surface area contributed by atoms with Crippen LogP contribution in [-0.2, 0) is 9.53 Å². The van der Waals surface area contributed by atoms with E-state index in [1.165, 1.54) is 0 Å². The van der Waals surface area contributed by atoms with Crippen LogP contribution in [0.25, 0.3) is 6.08 Å². The van der Waals surface area contributed by atoms with Crippen molar-refractivity contribution < 1.29 is 9.53 Å². The lowest BCUT2D eigenvalue weighted by molar-refractivity contribution is -0.117. The van der Waals surface area contributed by atoms with Crippen LogP contribution in [0.15, 0.2) is 29.8 Å². The van der Waals surface area contributed by atoms with E-state index >= 15 is 0 Å². The Labute approximate surface area is 119 Å². The summed E-state index contributed by atoms with van der Waals surface area (Å²) in [5.41, 5.74) is 2.11. The molecule has 1 fully saturated rings. The van der Waals surface area contributed by atoms with E-state index in [9.17, 15) is 4.79 Å². The van der Waals surface area contributed by atoms with E-state index in [1.54, 1.807) is 6.08 Å². The largest absolute Gasteiger partial charge is 0.376 e. The zero-order valence-corrected chi connectivity index (χ0v) is 11.6. The van der Waals surface area contributed by atoms with E-state index < -0.39 is 0 Å². The first-order valence-electron chi connectivity index (χ1n) is 6.77. The number of rotatable bonds is 4. The van der Waals surface area contributed by atoms with Gasteiger partial charge in [0.05, 0.1) is 6.10 Å². The molecular weight excluding hydrogens is 252 g/mol. The molecule has 0 bridgehead atoms. The fraction of sp³-hybridized carbons (Fsp3) is 0.375. The fourth-order valence-corrected chi connectivity index (χ4v) is 2.09. The average molecular weight is 270 g/mol. The first-order chi connectivity index (χ1) is 9.69. The molecule has 0 aliphatic carbocycles. The van der Waals surface area contributed by atoms with E-state index in [4.69, 9.17) is 10.00 Å². The normalized spacial score (nSPS) is 18.6. The van der Waals surface area contributed by atoms with Crippen molar-refractivity contribution in [3.8, 4) is 6.07 Å². The second-order valence-corrected chi connectivity index (χ2v) is 4.93. The molecule has 0 saturated carbocycles. The van der Waals surface area contributed by atoms with Gasteiger partial charge in [-0.2, -0.15) is 5.26 Å². The minimum Gasteiger partial charge on any atom is -0.376 e. The number of ether oxygens (including phenoxy) is 1. The Morgan fingerprint density at radius 2 is 2.25 bits per heavy atom. The molecule has 1 aromatic carbocycles. The van der Waals surface area contributed by atoms with E-state index in [-0.39, 0.29) is 17.6 Å². The molecule has 1 saturated heterocycles. The number of aryl methyl sites for hydroxylation is 1. The predicted octanol–water partition coefficient (Wildman–Crippen LogP) is 2.20. The number of amides is 1. The minimum atomic E-state index is -0.344. The average Bonchev–Trinajstić information content (AvgIpc) is 2.97. The van der Waals surface area contributed by atoms with E-state index in [1.807, 2.05) is 37.3 Å². The minimum absolute atomic E-state index is 0.0817. The monoisotopic (exact) mass is 270 g/mol. The van der Waals surface area contributed by atoms with E-state index in [2.05, 4.69) is 5.32 Å². The Morgan fingerprint density at radius 1 is 1.50 bits per heavy atom. The second kappa shape index (κ2) is 6.88. The van der Waals surface area contributed by atoms with E-state index in [0.717, 1.165) is 30.6 Å². The summed E-state index contributed by atoms with van der Waals surface area (Å²) in [5, 5.41) is 11.8. The first kappa shape index (κ1) is 14.3. The summed E-state index contributed by atoms with van der Waals surface area (Å²) in [6.45, 7) is 3.21. The summed E-state index contributed by atoms with van der Waals surface area (Å²) in [7, 11) is 0. The molecule has 20 heavy (non-hydrogen) atoms. The van der Waals surface area contributed by atoms with Crippen LogP contribution in [0, 0.1) is 18.3 Å². The molecule has 1 atom stereocenters. The second-order valence-electron chi connectivity index (χ2n) is 4.93. The number of nitriles is 1. The van der Waals surface area contributed by atoms with Gasteiger partial charge in [-0.05, 0) is 31.4 Å². The summed E-state index contributed by atoms with van der Waals surface area (Å²) in [4.78, 5) is 11.9. The molecule has 1 amide bonds. The van der Waals surface area contributed by atoms with Crippen molar-refractivity contribution in [2.75, 3.05) is 13.2 Å². The third kappa shape index (κ3) is 3.94. The van der Waals surface area contributed by atoms with E-state index in [0.29, 0.717) is 6.54 Å². The number of hydrogen-bond acceptors (Lipinski definition) is 3.